The molecule has 0 saturated heterocycles. The van der Waals surface area contributed by atoms with Crippen molar-refractivity contribution in [1.29, 1.82) is 0 Å². The Hall–Kier alpha value is -2.70. The normalized spacial score (nSPS) is 39.4. The number of nitrogens with zero attached hydrogens (tertiary/aromatic N) is 2. The Balaban J connectivity index is 1.35. The smallest absolute Gasteiger partial charge is 0.270 e. The number of hydrogen-bond donors (Lipinski definition) is 1. The van der Waals surface area contributed by atoms with Gasteiger partial charge in [-0.3, -0.25) is 19.7 Å². The SMILES string of the molecule is CN1C(=O)C=C[C@@]2(C)C1CC[C@@H]1[C@H]2CC[C@]2(C)C(NC(=O)c3cccc([N+](=O)[O-])c3)CC[C@@H]12. The molecule has 1 heterocycles. The van der Waals surface area contributed by atoms with Gasteiger partial charge in [0.1, 0.15) is 0 Å². The third-order valence-electron chi connectivity index (χ3n) is 9.75. The lowest BCUT2D eigenvalue weighted by Gasteiger charge is -2.60. The van der Waals surface area contributed by atoms with E-state index in [1.807, 2.05) is 11.9 Å². The molecular weight excluding hydrogens is 418 g/mol. The van der Waals surface area contributed by atoms with E-state index in [0.29, 0.717) is 23.3 Å². The summed E-state index contributed by atoms with van der Waals surface area (Å²) in [5.41, 5.74) is 0.323. The Morgan fingerprint density at radius 2 is 1.94 bits per heavy atom. The van der Waals surface area contributed by atoms with Crippen LogP contribution in [0.25, 0.3) is 0 Å². The minimum Gasteiger partial charge on any atom is -0.349 e. The maximum absolute atomic E-state index is 13.0. The summed E-state index contributed by atoms with van der Waals surface area (Å²) >= 11 is 0. The van der Waals surface area contributed by atoms with Crippen LogP contribution in [0.4, 0.5) is 5.69 Å². The van der Waals surface area contributed by atoms with Gasteiger partial charge in [0.25, 0.3) is 11.6 Å². The molecule has 7 nitrogen and oxygen atoms in total. The van der Waals surface area contributed by atoms with E-state index in [4.69, 9.17) is 0 Å². The molecule has 3 aliphatic carbocycles. The van der Waals surface area contributed by atoms with Gasteiger partial charge in [-0.15, -0.1) is 0 Å². The van der Waals surface area contributed by atoms with Crippen LogP contribution in [0.1, 0.15) is 62.7 Å². The zero-order chi connectivity index (χ0) is 23.5. The van der Waals surface area contributed by atoms with Gasteiger partial charge < -0.3 is 10.2 Å². The molecule has 4 aliphatic rings. The fourth-order valence-corrected chi connectivity index (χ4v) is 7.98. The standard InChI is InChI=1S/C26H33N3O4/c1-25-13-11-20-18(7-10-22-26(20,2)14-12-23(30)28(22)3)19(25)8-9-21(25)27-24(31)16-5-4-6-17(15-16)29(32)33/h4-6,12,14-15,18-22H,7-11,13H2,1-3H3,(H,27,31)/t18-,19-,20+,21?,22?,25-,26+/m0/s1. The number of amides is 2. The second kappa shape index (κ2) is 7.67. The number of benzene rings is 1. The van der Waals surface area contributed by atoms with Gasteiger partial charge in [-0.05, 0) is 73.8 Å². The van der Waals surface area contributed by atoms with E-state index >= 15 is 0 Å². The Bertz CT molecular complexity index is 1040. The number of hydrogen-bond acceptors (Lipinski definition) is 4. The van der Waals surface area contributed by atoms with Gasteiger partial charge >= 0.3 is 0 Å². The van der Waals surface area contributed by atoms with Crippen LogP contribution in [0.5, 0.6) is 0 Å². The zero-order valence-electron chi connectivity index (χ0n) is 19.6. The van der Waals surface area contributed by atoms with Crippen LogP contribution in [0, 0.1) is 38.7 Å². The Morgan fingerprint density at radius 3 is 2.70 bits per heavy atom. The molecule has 5 rings (SSSR count). The highest BCUT2D eigenvalue weighted by Gasteiger charge is 2.60. The molecule has 1 aliphatic heterocycles. The van der Waals surface area contributed by atoms with Crippen molar-refractivity contribution in [2.24, 2.45) is 28.6 Å². The lowest BCUT2D eigenvalue weighted by atomic mass is 9.48. The van der Waals surface area contributed by atoms with Gasteiger partial charge in [-0.2, -0.15) is 0 Å². The van der Waals surface area contributed by atoms with Crippen molar-refractivity contribution in [2.45, 2.75) is 64.5 Å². The summed E-state index contributed by atoms with van der Waals surface area (Å²) in [4.78, 5) is 37.9. The minimum absolute atomic E-state index is 0.0111. The molecule has 1 N–H and O–H groups in total. The summed E-state index contributed by atoms with van der Waals surface area (Å²) in [7, 11) is 1.94. The number of fused-ring (bicyclic) bond motifs is 5. The van der Waals surface area contributed by atoms with Crippen LogP contribution in [-0.2, 0) is 4.79 Å². The Kier molecular flexibility index (Phi) is 5.14. The molecule has 3 fully saturated rings. The van der Waals surface area contributed by atoms with Gasteiger partial charge in [0.15, 0.2) is 0 Å². The number of carbonyl (C=O) groups is 2. The van der Waals surface area contributed by atoms with Crippen molar-refractivity contribution in [3.05, 3.63) is 52.1 Å². The molecule has 0 spiro atoms. The third-order valence-corrected chi connectivity index (χ3v) is 9.75. The molecular formula is C26H33N3O4. The van der Waals surface area contributed by atoms with E-state index in [2.05, 4.69) is 25.2 Å². The fraction of sp³-hybridized carbons (Fsp3) is 0.615. The van der Waals surface area contributed by atoms with Crippen LogP contribution in [0.3, 0.4) is 0 Å². The van der Waals surface area contributed by atoms with E-state index in [0.717, 1.165) is 38.5 Å². The summed E-state index contributed by atoms with van der Waals surface area (Å²) in [6.45, 7) is 4.67. The average Bonchev–Trinajstić information content (AvgIpc) is 3.13. The van der Waals surface area contributed by atoms with E-state index in [1.54, 1.807) is 18.2 Å². The van der Waals surface area contributed by atoms with Crippen molar-refractivity contribution in [2.75, 3.05) is 7.05 Å². The van der Waals surface area contributed by atoms with E-state index in [1.165, 1.54) is 12.1 Å². The van der Waals surface area contributed by atoms with Crippen LogP contribution < -0.4 is 5.32 Å². The van der Waals surface area contributed by atoms with E-state index in [-0.39, 0.29) is 40.4 Å². The van der Waals surface area contributed by atoms with Crippen molar-refractivity contribution in [1.82, 2.24) is 10.2 Å². The largest absolute Gasteiger partial charge is 0.349 e. The maximum atomic E-state index is 13.0. The molecule has 176 valence electrons. The molecule has 0 aromatic heterocycles. The average molecular weight is 452 g/mol. The van der Waals surface area contributed by atoms with Crippen molar-refractivity contribution < 1.29 is 14.5 Å². The van der Waals surface area contributed by atoms with Crippen molar-refractivity contribution >= 4 is 17.5 Å². The molecule has 0 radical (unpaired) electrons. The summed E-state index contributed by atoms with van der Waals surface area (Å²) in [6, 6.07) is 6.32. The first-order valence-electron chi connectivity index (χ1n) is 12.2. The van der Waals surface area contributed by atoms with Crippen molar-refractivity contribution in [3.8, 4) is 0 Å². The predicted octanol–water partition coefficient (Wildman–Crippen LogP) is 4.33. The van der Waals surface area contributed by atoms with E-state index < -0.39 is 4.92 Å². The zero-order valence-corrected chi connectivity index (χ0v) is 19.6. The number of nitro benzene ring substituents is 1. The second-order valence-electron chi connectivity index (χ2n) is 11.1. The first kappa shape index (κ1) is 22.1. The highest BCUT2D eigenvalue weighted by atomic mass is 16.6. The summed E-state index contributed by atoms with van der Waals surface area (Å²) < 4.78 is 0. The molecule has 3 saturated carbocycles. The molecule has 2 unspecified atom stereocenters. The molecule has 1 aromatic carbocycles. The van der Waals surface area contributed by atoms with Gasteiger partial charge in [-0.25, -0.2) is 0 Å². The van der Waals surface area contributed by atoms with Gasteiger partial charge in [-0.1, -0.05) is 26.0 Å². The molecule has 0 bridgehead atoms. The number of rotatable bonds is 3. The van der Waals surface area contributed by atoms with Crippen molar-refractivity contribution in [3.63, 3.8) is 0 Å². The highest BCUT2D eigenvalue weighted by Crippen LogP contribution is 2.63. The van der Waals surface area contributed by atoms with Gasteiger partial charge in [0, 0.05) is 42.2 Å². The monoisotopic (exact) mass is 451 g/mol. The first-order valence-corrected chi connectivity index (χ1v) is 12.2. The number of carbonyl (C=O) groups excluding carboxylic acids is 2. The second-order valence-corrected chi connectivity index (χ2v) is 11.1. The Labute approximate surface area is 194 Å². The molecule has 2 amide bonds. The number of likely N-dealkylation sites (N-methyl/N-ethyl adjacent to an activating group) is 1. The van der Waals surface area contributed by atoms with Crippen LogP contribution in [-0.4, -0.2) is 40.8 Å². The molecule has 1 aromatic rings. The van der Waals surface area contributed by atoms with Crippen LogP contribution in [0.2, 0.25) is 0 Å². The number of nitro groups is 1. The van der Waals surface area contributed by atoms with Crippen LogP contribution in [0.15, 0.2) is 36.4 Å². The third kappa shape index (κ3) is 3.30. The number of nitrogens with one attached hydrogen (secondary N) is 1. The van der Waals surface area contributed by atoms with Crippen LogP contribution >= 0.6 is 0 Å². The lowest BCUT2D eigenvalue weighted by molar-refractivity contribution is -0.384. The molecule has 7 heteroatoms. The highest BCUT2D eigenvalue weighted by molar-refractivity contribution is 5.95. The molecule has 33 heavy (non-hydrogen) atoms. The summed E-state index contributed by atoms with van der Waals surface area (Å²) in [5, 5.41) is 14.4. The van der Waals surface area contributed by atoms with Gasteiger partial charge in [0.2, 0.25) is 5.91 Å². The fourth-order valence-electron chi connectivity index (χ4n) is 7.98. The predicted molar refractivity (Wildman–Crippen MR) is 124 cm³/mol. The molecule has 7 atom stereocenters. The lowest BCUT2D eigenvalue weighted by Crippen LogP contribution is -2.60. The maximum Gasteiger partial charge on any atom is 0.270 e. The topological polar surface area (TPSA) is 92.6 Å². The summed E-state index contributed by atoms with van der Waals surface area (Å²) in [5.74, 6) is 1.57. The summed E-state index contributed by atoms with van der Waals surface area (Å²) in [6.07, 6.45) is 10.3. The first-order chi connectivity index (χ1) is 15.6. The van der Waals surface area contributed by atoms with E-state index in [9.17, 15) is 19.7 Å². The number of non-ortho nitro benzene ring substituents is 1. The Morgan fingerprint density at radius 1 is 1.15 bits per heavy atom. The minimum atomic E-state index is -0.466. The van der Waals surface area contributed by atoms with Gasteiger partial charge in [0.05, 0.1) is 4.92 Å². The quantitative estimate of drug-likeness (QED) is 0.547.